The Bertz CT molecular complexity index is 1170. The summed E-state index contributed by atoms with van der Waals surface area (Å²) in [6.07, 6.45) is 0. The monoisotopic (exact) mass is 394 g/mol. The molecule has 0 aliphatic carbocycles. The molecule has 0 radical (unpaired) electrons. The number of nitrogens with two attached hydrogens (primary N) is 2. The topological polar surface area (TPSA) is 175 Å². The molecule has 0 fully saturated rings. The minimum absolute atomic E-state index is 0.0447. The molecule has 0 atom stereocenters. The molecule has 5 N–H and O–H groups in total. The second-order valence-corrected chi connectivity index (χ2v) is 8.54. The molecule has 2 aromatic carbocycles. The standard InChI is InChI=1S/C14H14N6O4S2/c1-8-2-7-11(9-3-5-10(6-4-9)25(15,21)22)12(13(8)26(16,23)24)14-17-19-20-18-14/h2-7H,1H3,(H2,15,21,22)(H2,16,23,24)(H,17,18,19,20). The van der Waals surface area contributed by atoms with Crippen molar-refractivity contribution in [2.45, 2.75) is 16.7 Å². The highest BCUT2D eigenvalue weighted by molar-refractivity contribution is 7.89. The van der Waals surface area contributed by atoms with Crippen molar-refractivity contribution in [3.63, 3.8) is 0 Å². The predicted molar refractivity (Wildman–Crippen MR) is 92.5 cm³/mol. The summed E-state index contributed by atoms with van der Waals surface area (Å²) in [5.41, 5.74) is 1.56. The average molecular weight is 394 g/mol. The Morgan fingerprint density at radius 3 is 2.08 bits per heavy atom. The highest BCUT2D eigenvalue weighted by atomic mass is 32.2. The van der Waals surface area contributed by atoms with Gasteiger partial charge in [0.25, 0.3) is 0 Å². The molecule has 1 heterocycles. The third-order valence-corrected chi connectivity index (χ3v) is 5.73. The Labute approximate surface area is 149 Å². The van der Waals surface area contributed by atoms with Crippen LogP contribution in [0.5, 0.6) is 0 Å². The van der Waals surface area contributed by atoms with E-state index in [1.54, 1.807) is 19.1 Å². The number of sulfonamides is 2. The fraction of sp³-hybridized carbons (Fsp3) is 0.0714. The number of primary sulfonamides is 2. The van der Waals surface area contributed by atoms with Gasteiger partial charge in [0.15, 0.2) is 0 Å². The summed E-state index contributed by atoms with van der Waals surface area (Å²) in [5, 5.41) is 23.9. The Kier molecular flexibility index (Phi) is 4.36. The zero-order chi connectivity index (χ0) is 19.1. The summed E-state index contributed by atoms with van der Waals surface area (Å²) in [6.45, 7) is 1.59. The molecule has 3 aromatic rings. The van der Waals surface area contributed by atoms with Crippen LogP contribution in [-0.4, -0.2) is 37.5 Å². The number of rotatable bonds is 4. The molecule has 0 aliphatic rings. The zero-order valence-electron chi connectivity index (χ0n) is 13.4. The largest absolute Gasteiger partial charge is 0.239 e. The van der Waals surface area contributed by atoms with Crippen LogP contribution in [0.15, 0.2) is 46.2 Å². The number of aromatic nitrogens is 4. The lowest BCUT2D eigenvalue weighted by Crippen LogP contribution is -2.16. The third-order valence-electron chi connectivity index (χ3n) is 3.70. The minimum atomic E-state index is -4.09. The summed E-state index contributed by atoms with van der Waals surface area (Å²) in [5.74, 6) is 0.0447. The van der Waals surface area contributed by atoms with Crippen molar-refractivity contribution in [2.75, 3.05) is 0 Å². The quantitative estimate of drug-likeness (QED) is 0.563. The van der Waals surface area contributed by atoms with Crippen molar-refractivity contribution in [3.8, 4) is 22.5 Å². The van der Waals surface area contributed by atoms with E-state index in [9.17, 15) is 16.8 Å². The maximum Gasteiger partial charge on any atom is 0.239 e. The molecule has 0 unspecified atom stereocenters. The molecule has 10 nitrogen and oxygen atoms in total. The SMILES string of the molecule is Cc1ccc(-c2ccc(S(N)(=O)=O)cc2)c(-c2nn[nH]n2)c1S(N)(=O)=O. The molecule has 0 aliphatic heterocycles. The number of hydrogen-bond acceptors (Lipinski definition) is 7. The third kappa shape index (κ3) is 3.35. The van der Waals surface area contributed by atoms with Crippen LogP contribution in [0.1, 0.15) is 5.56 Å². The summed E-state index contributed by atoms with van der Waals surface area (Å²) < 4.78 is 47.1. The molecule has 0 saturated carbocycles. The van der Waals surface area contributed by atoms with E-state index in [4.69, 9.17) is 10.3 Å². The van der Waals surface area contributed by atoms with E-state index in [1.165, 1.54) is 24.3 Å². The molecule has 0 saturated heterocycles. The van der Waals surface area contributed by atoms with Crippen LogP contribution in [0.25, 0.3) is 22.5 Å². The van der Waals surface area contributed by atoms with E-state index in [-0.39, 0.29) is 21.2 Å². The van der Waals surface area contributed by atoms with Crippen molar-refractivity contribution in [2.24, 2.45) is 10.3 Å². The number of H-pyrrole nitrogens is 1. The maximum absolute atomic E-state index is 12.1. The molecule has 136 valence electrons. The number of aryl methyl sites for hydroxylation is 1. The molecule has 12 heteroatoms. The molecular weight excluding hydrogens is 380 g/mol. The van der Waals surface area contributed by atoms with E-state index in [0.717, 1.165) is 0 Å². The highest BCUT2D eigenvalue weighted by Crippen LogP contribution is 2.36. The van der Waals surface area contributed by atoms with E-state index in [2.05, 4.69) is 20.6 Å². The molecule has 0 amide bonds. The number of hydrogen-bond donors (Lipinski definition) is 3. The first kappa shape index (κ1) is 18.1. The zero-order valence-corrected chi connectivity index (χ0v) is 15.0. The van der Waals surface area contributed by atoms with Crippen molar-refractivity contribution in [1.29, 1.82) is 0 Å². The average Bonchev–Trinajstić information content (AvgIpc) is 3.07. The number of aromatic amines is 1. The van der Waals surface area contributed by atoms with Gasteiger partial charge in [0.1, 0.15) is 0 Å². The van der Waals surface area contributed by atoms with Gasteiger partial charge in [-0.1, -0.05) is 24.3 Å². The van der Waals surface area contributed by atoms with Gasteiger partial charge in [-0.15, -0.1) is 10.2 Å². The van der Waals surface area contributed by atoms with E-state index >= 15 is 0 Å². The molecule has 0 bridgehead atoms. The van der Waals surface area contributed by atoms with E-state index in [0.29, 0.717) is 16.7 Å². The molecule has 1 aromatic heterocycles. The fourth-order valence-electron chi connectivity index (χ4n) is 2.61. The number of benzene rings is 2. The van der Waals surface area contributed by atoms with Gasteiger partial charge in [0.2, 0.25) is 25.9 Å². The molecule has 0 spiro atoms. The van der Waals surface area contributed by atoms with E-state index in [1.807, 2.05) is 0 Å². The second-order valence-electron chi connectivity index (χ2n) is 5.48. The van der Waals surface area contributed by atoms with Crippen LogP contribution in [0.2, 0.25) is 0 Å². The van der Waals surface area contributed by atoms with Crippen LogP contribution in [0.3, 0.4) is 0 Å². The molecule has 26 heavy (non-hydrogen) atoms. The van der Waals surface area contributed by atoms with Crippen molar-refractivity contribution >= 4 is 20.0 Å². The van der Waals surface area contributed by atoms with Gasteiger partial charge in [0, 0.05) is 0 Å². The normalized spacial score (nSPS) is 12.3. The first-order valence-corrected chi connectivity index (χ1v) is 10.2. The van der Waals surface area contributed by atoms with Crippen LogP contribution >= 0.6 is 0 Å². The second kappa shape index (κ2) is 6.25. The first-order valence-electron chi connectivity index (χ1n) is 7.12. The maximum atomic E-state index is 12.1. The van der Waals surface area contributed by atoms with Gasteiger partial charge < -0.3 is 0 Å². The Hall–Kier alpha value is -2.67. The van der Waals surface area contributed by atoms with Crippen LogP contribution in [0.4, 0.5) is 0 Å². The Morgan fingerprint density at radius 2 is 1.58 bits per heavy atom. The van der Waals surface area contributed by atoms with Gasteiger partial charge in [0.05, 0.1) is 15.4 Å². The van der Waals surface area contributed by atoms with Gasteiger partial charge >= 0.3 is 0 Å². The highest BCUT2D eigenvalue weighted by Gasteiger charge is 2.25. The molecular formula is C14H14N6O4S2. The minimum Gasteiger partial charge on any atom is -0.225 e. The Morgan fingerprint density at radius 1 is 0.923 bits per heavy atom. The number of nitrogens with zero attached hydrogens (tertiary/aromatic N) is 3. The molecule has 3 rings (SSSR count). The fourth-order valence-corrected chi connectivity index (χ4v) is 4.13. The van der Waals surface area contributed by atoms with Gasteiger partial charge in [-0.05, 0) is 41.0 Å². The van der Waals surface area contributed by atoms with E-state index < -0.39 is 20.0 Å². The first-order chi connectivity index (χ1) is 12.1. The van der Waals surface area contributed by atoms with Gasteiger partial charge in [-0.2, -0.15) is 5.21 Å². The van der Waals surface area contributed by atoms with Gasteiger partial charge in [-0.25, -0.2) is 27.1 Å². The number of nitrogens with one attached hydrogen (secondary N) is 1. The summed E-state index contributed by atoms with van der Waals surface area (Å²) in [7, 11) is -7.94. The predicted octanol–water partition coefficient (Wildman–Crippen LogP) is 0.137. The summed E-state index contributed by atoms with van der Waals surface area (Å²) in [4.78, 5) is -0.201. The Balaban J connectivity index is 2.32. The van der Waals surface area contributed by atoms with Crippen molar-refractivity contribution in [1.82, 2.24) is 20.6 Å². The lowest BCUT2D eigenvalue weighted by molar-refractivity contribution is 0.596. The van der Waals surface area contributed by atoms with Crippen LogP contribution in [-0.2, 0) is 20.0 Å². The van der Waals surface area contributed by atoms with Gasteiger partial charge in [-0.3, -0.25) is 0 Å². The van der Waals surface area contributed by atoms with Crippen molar-refractivity contribution < 1.29 is 16.8 Å². The van der Waals surface area contributed by atoms with Crippen LogP contribution in [0, 0.1) is 6.92 Å². The smallest absolute Gasteiger partial charge is 0.225 e. The lowest BCUT2D eigenvalue weighted by Gasteiger charge is -2.14. The lowest BCUT2D eigenvalue weighted by atomic mass is 9.97. The van der Waals surface area contributed by atoms with Crippen molar-refractivity contribution in [3.05, 3.63) is 42.0 Å². The summed E-state index contributed by atoms with van der Waals surface area (Å²) in [6, 6.07) is 8.90. The number of tetrazole rings is 1. The summed E-state index contributed by atoms with van der Waals surface area (Å²) >= 11 is 0. The van der Waals surface area contributed by atoms with Crippen LogP contribution < -0.4 is 10.3 Å².